The van der Waals surface area contributed by atoms with E-state index in [9.17, 15) is 9.90 Å². The van der Waals surface area contributed by atoms with Crippen molar-refractivity contribution in [3.05, 3.63) is 58.9 Å². The SMILES string of the molecule is COc1ccc(CCn2cc(O)n(-c3cnn(CC(C(C)=N)C(C)=N)c3)c2=O)cc1. The van der Waals surface area contributed by atoms with Crippen LogP contribution in [0.2, 0.25) is 0 Å². The second-order valence-electron chi connectivity index (χ2n) is 7.24. The van der Waals surface area contributed by atoms with Crippen molar-refractivity contribution in [3.8, 4) is 17.3 Å². The largest absolute Gasteiger partial charge is 0.497 e. The van der Waals surface area contributed by atoms with Gasteiger partial charge >= 0.3 is 5.69 Å². The molecule has 9 heteroatoms. The zero-order chi connectivity index (χ0) is 21.8. The number of hydrogen-bond donors (Lipinski definition) is 3. The lowest BCUT2D eigenvalue weighted by atomic mass is 10.00. The van der Waals surface area contributed by atoms with Crippen molar-refractivity contribution < 1.29 is 9.84 Å². The lowest BCUT2D eigenvalue weighted by Crippen LogP contribution is -2.25. The van der Waals surface area contributed by atoms with Crippen LogP contribution in [0.15, 0.2) is 47.7 Å². The van der Waals surface area contributed by atoms with Gasteiger partial charge in [0.15, 0.2) is 0 Å². The predicted molar refractivity (Wildman–Crippen MR) is 114 cm³/mol. The Morgan fingerprint density at radius 3 is 2.43 bits per heavy atom. The van der Waals surface area contributed by atoms with E-state index in [-0.39, 0.29) is 17.5 Å². The number of methoxy groups -OCH3 is 1. The molecule has 0 aliphatic rings. The van der Waals surface area contributed by atoms with Crippen molar-refractivity contribution in [2.24, 2.45) is 5.92 Å². The van der Waals surface area contributed by atoms with Gasteiger partial charge in [-0.2, -0.15) is 5.10 Å². The monoisotopic (exact) mass is 410 g/mol. The maximum Gasteiger partial charge on any atom is 0.335 e. The fourth-order valence-corrected chi connectivity index (χ4v) is 3.28. The third-order valence-corrected chi connectivity index (χ3v) is 5.03. The second kappa shape index (κ2) is 8.81. The number of nitrogens with one attached hydrogen (secondary N) is 2. The molecule has 0 unspecified atom stereocenters. The number of hydrogen-bond acceptors (Lipinski definition) is 6. The van der Waals surface area contributed by atoms with E-state index < -0.39 is 0 Å². The highest BCUT2D eigenvalue weighted by atomic mass is 16.5. The van der Waals surface area contributed by atoms with Crippen molar-refractivity contribution >= 4 is 11.4 Å². The Morgan fingerprint density at radius 1 is 1.17 bits per heavy atom. The molecule has 158 valence electrons. The summed E-state index contributed by atoms with van der Waals surface area (Å²) in [5.74, 6) is 0.254. The minimum atomic E-state index is -0.358. The summed E-state index contributed by atoms with van der Waals surface area (Å²) in [7, 11) is 1.61. The number of ether oxygens (including phenoxy) is 1. The summed E-state index contributed by atoms with van der Waals surface area (Å²) in [5, 5.41) is 30.2. The molecule has 0 amide bonds. The van der Waals surface area contributed by atoms with E-state index in [0.29, 0.717) is 36.6 Å². The van der Waals surface area contributed by atoms with Crippen LogP contribution in [0.5, 0.6) is 11.6 Å². The molecule has 0 saturated carbocycles. The maximum absolute atomic E-state index is 12.8. The third kappa shape index (κ3) is 4.51. The van der Waals surface area contributed by atoms with Crippen molar-refractivity contribution in [1.82, 2.24) is 18.9 Å². The van der Waals surface area contributed by atoms with Crippen molar-refractivity contribution in [3.63, 3.8) is 0 Å². The molecule has 2 aromatic heterocycles. The molecule has 0 fully saturated rings. The van der Waals surface area contributed by atoms with Gasteiger partial charge in [0.1, 0.15) is 5.75 Å². The van der Waals surface area contributed by atoms with E-state index in [4.69, 9.17) is 15.6 Å². The molecule has 0 spiro atoms. The molecule has 0 bridgehead atoms. The zero-order valence-electron chi connectivity index (χ0n) is 17.3. The number of aromatic hydroxyl groups is 1. The van der Waals surface area contributed by atoms with Crippen LogP contribution >= 0.6 is 0 Å². The molecule has 0 aliphatic carbocycles. The Bertz CT molecular complexity index is 1090. The van der Waals surface area contributed by atoms with E-state index in [1.165, 1.54) is 21.5 Å². The van der Waals surface area contributed by atoms with Gasteiger partial charge in [0.25, 0.3) is 0 Å². The zero-order valence-corrected chi connectivity index (χ0v) is 17.3. The topological polar surface area (TPSA) is 122 Å². The Morgan fingerprint density at radius 2 is 1.83 bits per heavy atom. The first-order chi connectivity index (χ1) is 14.3. The van der Waals surface area contributed by atoms with E-state index in [1.54, 1.807) is 31.8 Å². The van der Waals surface area contributed by atoms with Crippen LogP contribution in [0, 0.1) is 16.7 Å². The van der Waals surface area contributed by atoms with Gasteiger partial charge in [-0.05, 0) is 38.0 Å². The minimum Gasteiger partial charge on any atom is -0.497 e. The van der Waals surface area contributed by atoms with Crippen molar-refractivity contribution in [2.75, 3.05) is 7.11 Å². The summed E-state index contributed by atoms with van der Waals surface area (Å²) in [5.41, 5.74) is 1.89. The number of imidazole rings is 1. The van der Waals surface area contributed by atoms with Gasteiger partial charge in [-0.25, -0.2) is 9.36 Å². The first-order valence-corrected chi connectivity index (χ1v) is 9.57. The molecule has 0 radical (unpaired) electrons. The molecule has 0 atom stereocenters. The normalized spacial score (nSPS) is 12.0. The molecule has 9 nitrogen and oxygen atoms in total. The van der Waals surface area contributed by atoms with Crippen LogP contribution < -0.4 is 10.4 Å². The summed E-state index contributed by atoms with van der Waals surface area (Å²) < 4.78 is 9.39. The fraction of sp³-hybridized carbons (Fsp3) is 0.333. The van der Waals surface area contributed by atoms with Gasteiger partial charge in [-0.1, -0.05) is 12.1 Å². The Balaban J connectivity index is 1.77. The second-order valence-corrected chi connectivity index (χ2v) is 7.24. The molecule has 3 N–H and O–H groups in total. The standard InChI is InChI=1S/C21H26N6O3/c1-14(22)19(15(2)23)12-26-11-17(10-24-26)27-20(28)13-25(21(27)29)9-8-16-4-6-18(30-3)7-5-16/h4-7,10-11,13,19,22-23,28H,8-9,12H2,1-3H3. The summed E-state index contributed by atoms with van der Waals surface area (Å²) >= 11 is 0. The van der Waals surface area contributed by atoms with E-state index >= 15 is 0 Å². The molecule has 3 rings (SSSR count). The number of aryl methyl sites for hydroxylation is 2. The Hall–Kier alpha value is -3.62. The fourth-order valence-electron chi connectivity index (χ4n) is 3.28. The molecule has 2 heterocycles. The van der Waals surface area contributed by atoms with Gasteiger partial charge < -0.3 is 20.7 Å². The average molecular weight is 410 g/mol. The highest BCUT2D eigenvalue weighted by Crippen LogP contribution is 2.16. The molecule has 30 heavy (non-hydrogen) atoms. The van der Waals surface area contributed by atoms with Crippen LogP contribution in [-0.4, -0.2) is 42.6 Å². The molecule has 3 aromatic rings. The van der Waals surface area contributed by atoms with E-state index in [1.807, 2.05) is 24.3 Å². The lowest BCUT2D eigenvalue weighted by Gasteiger charge is -2.14. The quantitative estimate of drug-likeness (QED) is 0.469. The van der Waals surface area contributed by atoms with E-state index in [2.05, 4.69) is 5.10 Å². The minimum absolute atomic E-state index is 0.169. The number of benzene rings is 1. The summed E-state index contributed by atoms with van der Waals surface area (Å²) in [4.78, 5) is 12.8. The average Bonchev–Trinajstić information content (AvgIpc) is 3.27. The summed E-state index contributed by atoms with van der Waals surface area (Å²) in [6.45, 7) is 4.07. The Kier molecular flexibility index (Phi) is 6.20. The summed E-state index contributed by atoms with van der Waals surface area (Å²) in [6.07, 6.45) is 5.17. The number of nitrogens with zero attached hydrogens (tertiary/aromatic N) is 4. The third-order valence-electron chi connectivity index (χ3n) is 5.03. The van der Waals surface area contributed by atoms with Crippen LogP contribution in [-0.2, 0) is 19.5 Å². The van der Waals surface area contributed by atoms with Crippen LogP contribution in [0.3, 0.4) is 0 Å². The van der Waals surface area contributed by atoms with Gasteiger partial charge in [-0.15, -0.1) is 0 Å². The van der Waals surface area contributed by atoms with Crippen molar-refractivity contribution in [2.45, 2.75) is 33.4 Å². The number of rotatable bonds is 9. The first-order valence-electron chi connectivity index (χ1n) is 9.57. The molecule has 1 aromatic carbocycles. The van der Waals surface area contributed by atoms with Gasteiger partial charge in [0, 0.05) is 24.2 Å². The number of aromatic nitrogens is 4. The van der Waals surface area contributed by atoms with E-state index in [0.717, 1.165) is 11.3 Å². The predicted octanol–water partition coefficient (Wildman–Crippen LogP) is 2.49. The molecule has 0 aliphatic heterocycles. The van der Waals surface area contributed by atoms with Crippen LogP contribution in [0.4, 0.5) is 0 Å². The van der Waals surface area contributed by atoms with Gasteiger partial charge in [0.05, 0.1) is 37.7 Å². The Labute approximate surface area is 174 Å². The molecular formula is C21H26N6O3. The summed E-state index contributed by atoms with van der Waals surface area (Å²) in [6, 6.07) is 7.62. The van der Waals surface area contributed by atoms with Crippen LogP contribution in [0.1, 0.15) is 19.4 Å². The van der Waals surface area contributed by atoms with Crippen molar-refractivity contribution in [1.29, 1.82) is 10.8 Å². The maximum atomic E-state index is 12.8. The van der Waals surface area contributed by atoms with Crippen LogP contribution in [0.25, 0.3) is 5.69 Å². The first kappa shape index (κ1) is 21.1. The molecule has 0 saturated heterocycles. The van der Waals surface area contributed by atoms with Gasteiger partial charge in [-0.3, -0.25) is 9.25 Å². The highest BCUT2D eigenvalue weighted by Gasteiger charge is 2.17. The smallest absolute Gasteiger partial charge is 0.335 e. The lowest BCUT2D eigenvalue weighted by molar-refractivity contribution is 0.414. The van der Waals surface area contributed by atoms with Gasteiger partial charge in [0.2, 0.25) is 5.88 Å². The molecular weight excluding hydrogens is 384 g/mol. The highest BCUT2D eigenvalue weighted by molar-refractivity contribution is 6.02.